The zero-order valence-corrected chi connectivity index (χ0v) is 15.4. The number of aliphatic imine (C=N–C) groups is 1. The molecular weight excluding hydrogens is 326 g/mol. The maximum atomic E-state index is 5.67. The van der Waals surface area contributed by atoms with Crippen LogP contribution in [0.25, 0.3) is 0 Å². The number of aromatic nitrogens is 1. The Labute approximate surface area is 156 Å². The van der Waals surface area contributed by atoms with Crippen molar-refractivity contribution in [3.8, 4) is 5.75 Å². The third-order valence-corrected chi connectivity index (χ3v) is 3.72. The zero-order valence-electron chi connectivity index (χ0n) is 15.4. The quantitative estimate of drug-likeness (QED) is 0.328. The van der Waals surface area contributed by atoms with Crippen molar-refractivity contribution in [2.24, 2.45) is 4.99 Å². The Morgan fingerprint density at radius 1 is 0.923 bits per heavy atom. The topological polar surface area (TPSA) is 70.6 Å². The molecule has 6 heteroatoms. The van der Waals surface area contributed by atoms with Crippen LogP contribution in [0.2, 0.25) is 0 Å². The highest BCUT2D eigenvalue weighted by Crippen LogP contribution is 2.08. The van der Waals surface area contributed by atoms with E-state index in [1.54, 1.807) is 13.2 Å². The summed E-state index contributed by atoms with van der Waals surface area (Å²) < 4.78 is 5.67. The molecule has 1 aromatic carbocycles. The van der Waals surface area contributed by atoms with Crippen LogP contribution in [0, 0.1) is 0 Å². The molecule has 0 radical (unpaired) electrons. The van der Waals surface area contributed by atoms with Gasteiger partial charge in [0.2, 0.25) is 0 Å². The van der Waals surface area contributed by atoms with Crippen LogP contribution in [-0.2, 0) is 0 Å². The largest absolute Gasteiger partial charge is 0.494 e. The van der Waals surface area contributed by atoms with Gasteiger partial charge in [-0.25, -0.2) is 4.98 Å². The molecule has 1 aromatic heterocycles. The van der Waals surface area contributed by atoms with Crippen LogP contribution in [0.3, 0.4) is 0 Å². The minimum absolute atomic E-state index is 0.688. The first-order valence-electron chi connectivity index (χ1n) is 9.16. The van der Waals surface area contributed by atoms with Crippen molar-refractivity contribution in [3.63, 3.8) is 0 Å². The monoisotopic (exact) mass is 355 g/mol. The highest BCUT2D eigenvalue weighted by molar-refractivity contribution is 5.79. The summed E-state index contributed by atoms with van der Waals surface area (Å²) in [6.45, 7) is 3.33. The average Bonchev–Trinajstić information content (AvgIpc) is 2.70. The maximum Gasteiger partial charge on any atom is 0.190 e. The fourth-order valence-electron chi connectivity index (χ4n) is 2.35. The Kier molecular flexibility index (Phi) is 9.47. The molecule has 0 aliphatic heterocycles. The predicted molar refractivity (Wildman–Crippen MR) is 108 cm³/mol. The summed E-state index contributed by atoms with van der Waals surface area (Å²) in [6, 6.07) is 15.8. The van der Waals surface area contributed by atoms with Crippen molar-refractivity contribution >= 4 is 11.8 Å². The first-order valence-corrected chi connectivity index (χ1v) is 9.16. The molecular formula is C20H29N5O. The summed E-state index contributed by atoms with van der Waals surface area (Å²) >= 11 is 0. The minimum atomic E-state index is 0.688. The van der Waals surface area contributed by atoms with Gasteiger partial charge >= 0.3 is 0 Å². The lowest BCUT2D eigenvalue weighted by molar-refractivity contribution is 0.311. The number of pyridine rings is 1. The standard InChI is InChI=1S/C20H29N5O/c1-21-20(25-16-9-17-26-18-10-3-2-4-11-18)24-15-8-7-14-23-19-12-5-6-13-22-19/h2-6,10-13H,7-9,14-17H2,1H3,(H,22,23)(H2,21,24,25). The van der Waals surface area contributed by atoms with Crippen molar-refractivity contribution < 1.29 is 4.74 Å². The third kappa shape index (κ3) is 8.37. The van der Waals surface area contributed by atoms with E-state index in [2.05, 4.69) is 25.9 Å². The van der Waals surface area contributed by atoms with E-state index in [4.69, 9.17) is 4.74 Å². The second-order valence-corrected chi connectivity index (χ2v) is 5.79. The number of nitrogens with zero attached hydrogens (tertiary/aromatic N) is 2. The molecule has 0 unspecified atom stereocenters. The van der Waals surface area contributed by atoms with Crippen molar-refractivity contribution in [1.29, 1.82) is 0 Å². The fraction of sp³-hybridized carbons (Fsp3) is 0.400. The van der Waals surface area contributed by atoms with Gasteiger partial charge in [-0.2, -0.15) is 0 Å². The van der Waals surface area contributed by atoms with Gasteiger partial charge in [0.1, 0.15) is 11.6 Å². The second kappa shape index (κ2) is 12.6. The van der Waals surface area contributed by atoms with E-state index >= 15 is 0 Å². The summed E-state index contributed by atoms with van der Waals surface area (Å²) in [5.41, 5.74) is 0. The Balaban J connectivity index is 1.46. The molecule has 2 rings (SSSR count). The number of para-hydroxylation sites is 1. The molecule has 0 saturated heterocycles. The number of rotatable bonds is 11. The molecule has 0 bridgehead atoms. The van der Waals surface area contributed by atoms with Crippen LogP contribution in [-0.4, -0.2) is 44.2 Å². The first-order chi connectivity index (χ1) is 12.9. The SMILES string of the molecule is CN=C(NCCCCNc1ccccn1)NCCCOc1ccccc1. The molecule has 0 saturated carbocycles. The van der Waals surface area contributed by atoms with Crippen LogP contribution in [0.1, 0.15) is 19.3 Å². The number of guanidine groups is 1. The highest BCUT2D eigenvalue weighted by Gasteiger charge is 1.98. The van der Waals surface area contributed by atoms with Crippen molar-refractivity contribution in [2.75, 3.05) is 38.6 Å². The molecule has 1 heterocycles. The van der Waals surface area contributed by atoms with Gasteiger partial charge < -0.3 is 20.7 Å². The number of anilines is 1. The molecule has 0 spiro atoms. The molecule has 0 fully saturated rings. The number of ether oxygens (including phenoxy) is 1. The molecule has 140 valence electrons. The summed E-state index contributed by atoms with van der Waals surface area (Å²) in [5.74, 6) is 2.67. The second-order valence-electron chi connectivity index (χ2n) is 5.79. The van der Waals surface area contributed by atoms with E-state index in [-0.39, 0.29) is 0 Å². The maximum absolute atomic E-state index is 5.67. The van der Waals surface area contributed by atoms with Crippen LogP contribution in [0.5, 0.6) is 5.75 Å². The zero-order chi connectivity index (χ0) is 18.3. The van der Waals surface area contributed by atoms with Crippen LogP contribution < -0.4 is 20.7 Å². The lowest BCUT2D eigenvalue weighted by atomic mass is 10.3. The average molecular weight is 355 g/mol. The number of benzene rings is 1. The number of hydrogen-bond donors (Lipinski definition) is 3. The molecule has 0 amide bonds. The lowest BCUT2D eigenvalue weighted by Gasteiger charge is -2.12. The molecule has 26 heavy (non-hydrogen) atoms. The third-order valence-electron chi connectivity index (χ3n) is 3.72. The number of hydrogen-bond acceptors (Lipinski definition) is 4. The smallest absolute Gasteiger partial charge is 0.190 e. The van der Waals surface area contributed by atoms with Gasteiger partial charge in [-0.15, -0.1) is 0 Å². The molecule has 0 aliphatic rings. The Hall–Kier alpha value is -2.76. The van der Waals surface area contributed by atoms with Crippen molar-refractivity contribution in [1.82, 2.24) is 15.6 Å². The van der Waals surface area contributed by atoms with E-state index in [0.717, 1.165) is 56.4 Å². The lowest BCUT2D eigenvalue weighted by Crippen LogP contribution is -2.38. The predicted octanol–water partition coefficient (Wildman–Crippen LogP) is 2.91. The Morgan fingerprint density at radius 2 is 1.65 bits per heavy atom. The Bertz CT molecular complexity index is 619. The van der Waals surface area contributed by atoms with Crippen LogP contribution in [0.4, 0.5) is 5.82 Å². The van der Waals surface area contributed by atoms with Crippen LogP contribution in [0.15, 0.2) is 59.7 Å². The molecule has 3 N–H and O–H groups in total. The molecule has 6 nitrogen and oxygen atoms in total. The summed E-state index contributed by atoms with van der Waals surface area (Å²) in [4.78, 5) is 8.48. The van der Waals surface area contributed by atoms with Crippen molar-refractivity contribution in [2.45, 2.75) is 19.3 Å². The minimum Gasteiger partial charge on any atom is -0.494 e. The van der Waals surface area contributed by atoms with Gasteiger partial charge in [0.15, 0.2) is 5.96 Å². The molecule has 0 aliphatic carbocycles. The van der Waals surface area contributed by atoms with E-state index in [1.807, 2.05) is 48.5 Å². The van der Waals surface area contributed by atoms with Gasteiger partial charge in [-0.1, -0.05) is 24.3 Å². The summed E-state index contributed by atoms with van der Waals surface area (Å²) in [6.07, 6.45) is 4.86. The van der Waals surface area contributed by atoms with Gasteiger partial charge in [-0.3, -0.25) is 4.99 Å². The molecule has 0 atom stereocenters. The van der Waals surface area contributed by atoms with Gasteiger partial charge in [0.05, 0.1) is 6.61 Å². The molecule has 2 aromatic rings. The van der Waals surface area contributed by atoms with Crippen LogP contribution >= 0.6 is 0 Å². The summed E-state index contributed by atoms with van der Waals surface area (Å²) in [7, 11) is 1.79. The fourth-order valence-corrected chi connectivity index (χ4v) is 2.35. The van der Waals surface area contributed by atoms with E-state index in [9.17, 15) is 0 Å². The van der Waals surface area contributed by atoms with Gasteiger partial charge in [-0.05, 0) is 43.5 Å². The van der Waals surface area contributed by atoms with Gasteiger partial charge in [0.25, 0.3) is 0 Å². The van der Waals surface area contributed by atoms with E-state index in [1.165, 1.54) is 0 Å². The highest BCUT2D eigenvalue weighted by atomic mass is 16.5. The van der Waals surface area contributed by atoms with E-state index in [0.29, 0.717) is 6.61 Å². The summed E-state index contributed by atoms with van der Waals surface area (Å²) in [5, 5.41) is 9.95. The van der Waals surface area contributed by atoms with Gasteiger partial charge in [0, 0.05) is 32.9 Å². The van der Waals surface area contributed by atoms with Crippen molar-refractivity contribution in [3.05, 3.63) is 54.7 Å². The normalized spacial score (nSPS) is 11.0. The Morgan fingerprint density at radius 3 is 2.38 bits per heavy atom. The number of unbranched alkanes of at least 4 members (excludes halogenated alkanes) is 1. The van der Waals surface area contributed by atoms with E-state index < -0.39 is 0 Å². The first kappa shape index (κ1) is 19.6. The number of nitrogens with one attached hydrogen (secondary N) is 3.